The van der Waals surface area contributed by atoms with E-state index in [1.165, 1.54) is 17.4 Å². The Hall–Kier alpha value is -2.11. The maximum absolute atomic E-state index is 11.9. The average Bonchev–Trinajstić information content (AvgIpc) is 2.87. The third-order valence-corrected chi connectivity index (χ3v) is 4.31. The van der Waals surface area contributed by atoms with Crippen molar-refractivity contribution < 1.29 is 14.3 Å². The molecule has 2 rings (SSSR count). The highest BCUT2D eigenvalue weighted by Crippen LogP contribution is 2.27. The van der Waals surface area contributed by atoms with E-state index in [0.29, 0.717) is 21.5 Å². The minimum Gasteiger partial charge on any atom is -0.462 e. The summed E-state index contributed by atoms with van der Waals surface area (Å²) >= 11 is 7.01. The van der Waals surface area contributed by atoms with Crippen LogP contribution < -0.4 is 5.32 Å². The Balaban J connectivity index is 2.01. The zero-order valence-corrected chi connectivity index (χ0v) is 14.3. The van der Waals surface area contributed by atoms with Crippen LogP contribution in [0.1, 0.15) is 27.7 Å². The molecule has 1 heterocycles. The first-order chi connectivity index (χ1) is 11.0. The molecule has 23 heavy (non-hydrogen) atoms. The zero-order chi connectivity index (χ0) is 16.8. The summed E-state index contributed by atoms with van der Waals surface area (Å²) in [4.78, 5) is 24.2. The molecule has 0 saturated carbocycles. The van der Waals surface area contributed by atoms with E-state index in [1.54, 1.807) is 31.2 Å². The topological polar surface area (TPSA) is 55.4 Å². The largest absolute Gasteiger partial charge is 0.462 e. The summed E-state index contributed by atoms with van der Waals surface area (Å²) in [7, 11) is 0. The van der Waals surface area contributed by atoms with Crippen molar-refractivity contribution in [2.75, 3.05) is 11.9 Å². The summed E-state index contributed by atoms with van der Waals surface area (Å²) in [6.45, 7) is 3.88. The number of esters is 1. The van der Waals surface area contributed by atoms with Gasteiger partial charge in [0.2, 0.25) is 5.91 Å². The molecule has 1 aromatic carbocycles. The fourth-order valence-corrected chi connectivity index (χ4v) is 2.95. The maximum Gasteiger partial charge on any atom is 0.348 e. The molecule has 0 unspecified atom stereocenters. The van der Waals surface area contributed by atoms with E-state index in [-0.39, 0.29) is 11.9 Å². The van der Waals surface area contributed by atoms with Crippen LogP contribution in [0.3, 0.4) is 0 Å². The number of aryl methyl sites for hydroxylation is 1. The van der Waals surface area contributed by atoms with Gasteiger partial charge in [0.05, 0.1) is 11.6 Å². The molecule has 6 heteroatoms. The lowest BCUT2D eigenvalue weighted by Gasteiger charge is -1.99. The number of carbonyl (C=O) groups excluding carboxylic acids is 2. The van der Waals surface area contributed by atoms with E-state index in [0.717, 1.165) is 11.1 Å². The number of carbonyl (C=O) groups is 2. The first-order valence-corrected chi connectivity index (χ1v) is 8.21. The average molecular weight is 350 g/mol. The first-order valence-electron chi connectivity index (χ1n) is 7.01. The number of benzene rings is 1. The predicted octanol–water partition coefficient (Wildman–Crippen LogP) is 4.54. The van der Waals surface area contributed by atoms with Gasteiger partial charge in [-0.15, -0.1) is 11.3 Å². The normalized spacial score (nSPS) is 10.7. The standard InChI is InChI=1S/C17H16ClNO3S/c1-3-22-17(21)16-11(2)10-15(23-16)19-14(20)9-6-12-4-7-13(18)8-5-12/h4-10H,3H2,1-2H3,(H,19,20). The fraction of sp³-hybridized carbons (Fsp3) is 0.176. The van der Waals surface area contributed by atoms with Crippen molar-refractivity contribution in [2.24, 2.45) is 0 Å². The van der Waals surface area contributed by atoms with Crippen molar-refractivity contribution in [2.45, 2.75) is 13.8 Å². The second kappa shape index (κ2) is 7.94. The molecule has 0 aliphatic heterocycles. The van der Waals surface area contributed by atoms with Crippen LogP contribution in [0, 0.1) is 6.92 Å². The Morgan fingerprint density at radius 3 is 2.65 bits per heavy atom. The minimum absolute atomic E-state index is 0.267. The molecule has 2 aromatic rings. The third kappa shape index (κ3) is 4.94. The number of halogens is 1. The number of ether oxygens (including phenoxy) is 1. The van der Waals surface area contributed by atoms with Crippen molar-refractivity contribution in [1.29, 1.82) is 0 Å². The van der Waals surface area contributed by atoms with Crippen LogP contribution in [0.15, 0.2) is 36.4 Å². The van der Waals surface area contributed by atoms with Gasteiger partial charge in [0.15, 0.2) is 0 Å². The minimum atomic E-state index is -0.368. The van der Waals surface area contributed by atoms with Crippen molar-refractivity contribution in [3.05, 3.63) is 57.4 Å². The molecule has 120 valence electrons. The highest BCUT2D eigenvalue weighted by Gasteiger charge is 2.15. The molecule has 0 fully saturated rings. The summed E-state index contributed by atoms with van der Waals surface area (Å²) in [6, 6.07) is 8.91. The molecule has 0 aliphatic carbocycles. The van der Waals surface area contributed by atoms with E-state index in [1.807, 2.05) is 19.1 Å². The first kappa shape index (κ1) is 17.2. The second-order valence-corrected chi connectivity index (χ2v) is 6.21. The van der Waals surface area contributed by atoms with Crippen molar-refractivity contribution >= 4 is 45.9 Å². The van der Waals surface area contributed by atoms with Gasteiger partial charge in [0, 0.05) is 11.1 Å². The van der Waals surface area contributed by atoms with Crippen LogP contribution in [-0.2, 0) is 9.53 Å². The third-order valence-electron chi connectivity index (χ3n) is 2.92. The highest BCUT2D eigenvalue weighted by molar-refractivity contribution is 7.18. The van der Waals surface area contributed by atoms with Gasteiger partial charge in [-0.25, -0.2) is 4.79 Å². The number of anilines is 1. The van der Waals surface area contributed by atoms with Gasteiger partial charge in [0.1, 0.15) is 4.88 Å². The molecule has 4 nitrogen and oxygen atoms in total. The molecule has 0 aliphatic rings. The monoisotopic (exact) mass is 349 g/mol. The molecule has 0 atom stereocenters. The lowest BCUT2D eigenvalue weighted by molar-refractivity contribution is -0.111. The van der Waals surface area contributed by atoms with Crippen LogP contribution in [0.2, 0.25) is 5.02 Å². The SMILES string of the molecule is CCOC(=O)c1sc(NC(=O)C=Cc2ccc(Cl)cc2)cc1C. The summed E-state index contributed by atoms with van der Waals surface area (Å²) in [5.41, 5.74) is 1.66. The molecular weight excluding hydrogens is 334 g/mol. The van der Waals surface area contributed by atoms with Crippen molar-refractivity contribution in [3.8, 4) is 0 Å². The van der Waals surface area contributed by atoms with Crippen molar-refractivity contribution in [1.82, 2.24) is 0 Å². The number of amides is 1. The maximum atomic E-state index is 11.9. The highest BCUT2D eigenvalue weighted by atomic mass is 35.5. The Bertz CT molecular complexity index is 735. The summed E-state index contributed by atoms with van der Waals surface area (Å²) in [6.07, 6.45) is 3.13. The summed E-state index contributed by atoms with van der Waals surface area (Å²) < 4.78 is 4.98. The number of nitrogens with one attached hydrogen (secondary N) is 1. The van der Waals surface area contributed by atoms with Crippen LogP contribution in [0.5, 0.6) is 0 Å². The van der Waals surface area contributed by atoms with Gasteiger partial charge in [0.25, 0.3) is 0 Å². The summed E-state index contributed by atoms with van der Waals surface area (Å²) in [5, 5.41) is 3.99. The van der Waals surface area contributed by atoms with E-state index in [2.05, 4.69) is 5.32 Å². The van der Waals surface area contributed by atoms with Gasteiger partial charge in [-0.1, -0.05) is 23.7 Å². The Morgan fingerprint density at radius 2 is 2.00 bits per heavy atom. The number of rotatable bonds is 5. The zero-order valence-electron chi connectivity index (χ0n) is 12.8. The van der Waals surface area contributed by atoms with E-state index >= 15 is 0 Å². The molecule has 0 saturated heterocycles. The quantitative estimate of drug-likeness (QED) is 0.637. The van der Waals surface area contributed by atoms with Crippen molar-refractivity contribution in [3.63, 3.8) is 0 Å². The Kier molecular flexibility index (Phi) is 5.96. The lowest BCUT2D eigenvalue weighted by Crippen LogP contribution is -2.06. The molecule has 0 bridgehead atoms. The molecule has 1 amide bonds. The molecule has 0 radical (unpaired) electrons. The number of hydrogen-bond acceptors (Lipinski definition) is 4. The van der Waals surface area contributed by atoms with E-state index in [4.69, 9.17) is 16.3 Å². The van der Waals surface area contributed by atoms with E-state index < -0.39 is 0 Å². The molecule has 1 aromatic heterocycles. The van der Waals surface area contributed by atoms with Gasteiger partial charge in [-0.3, -0.25) is 4.79 Å². The predicted molar refractivity (Wildman–Crippen MR) is 94.1 cm³/mol. The second-order valence-electron chi connectivity index (χ2n) is 4.72. The molecule has 1 N–H and O–H groups in total. The van der Waals surface area contributed by atoms with Gasteiger partial charge in [-0.05, 0) is 49.2 Å². The number of thiophene rings is 1. The van der Waals surface area contributed by atoms with Crippen LogP contribution in [0.25, 0.3) is 6.08 Å². The van der Waals surface area contributed by atoms with Gasteiger partial charge < -0.3 is 10.1 Å². The molecule has 0 spiro atoms. The van der Waals surface area contributed by atoms with Gasteiger partial charge in [-0.2, -0.15) is 0 Å². The molecular formula is C17H16ClNO3S. The lowest BCUT2D eigenvalue weighted by atomic mass is 10.2. The van der Waals surface area contributed by atoms with Gasteiger partial charge >= 0.3 is 5.97 Å². The van der Waals surface area contributed by atoms with Crippen LogP contribution in [0.4, 0.5) is 5.00 Å². The Morgan fingerprint density at radius 1 is 1.30 bits per heavy atom. The fourth-order valence-electron chi connectivity index (χ4n) is 1.85. The number of hydrogen-bond donors (Lipinski definition) is 1. The summed E-state index contributed by atoms with van der Waals surface area (Å²) in [5.74, 6) is -0.635. The smallest absolute Gasteiger partial charge is 0.348 e. The van der Waals surface area contributed by atoms with Crippen LogP contribution in [-0.4, -0.2) is 18.5 Å². The van der Waals surface area contributed by atoms with Crippen LogP contribution >= 0.6 is 22.9 Å². The Labute approximate surface area is 143 Å². The van der Waals surface area contributed by atoms with E-state index in [9.17, 15) is 9.59 Å².